The van der Waals surface area contributed by atoms with E-state index in [1.165, 1.54) is 0 Å². The van der Waals surface area contributed by atoms with Crippen molar-refractivity contribution in [2.75, 3.05) is 0 Å². The number of hydrogen-bond acceptors (Lipinski definition) is 3. The lowest BCUT2D eigenvalue weighted by molar-refractivity contribution is 0.480. The Morgan fingerprint density at radius 3 is 2.77 bits per heavy atom. The van der Waals surface area contributed by atoms with E-state index in [9.17, 15) is 0 Å². The second-order valence-electron chi connectivity index (χ2n) is 5.42. The van der Waals surface area contributed by atoms with Crippen molar-refractivity contribution >= 4 is 23.3 Å². The quantitative estimate of drug-likeness (QED) is 0.507. The van der Waals surface area contributed by atoms with Gasteiger partial charge in [-0.25, -0.2) is 0 Å². The predicted molar refractivity (Wildman–Crippen MR) is 88.3 cm³/mol. The zero-order chi connectivity index (χ0) is 15.7. The molecule has 2 aromatic rings. The highest BCUT2D eigenvalue weighted by Crippen LogP contribution is 2.37. The number of guanidine groups is 1. The molecule has 5 nitrogen and oxygen atoms in total. The molecule has 1 aliphatic carbocycles. The van der Waals surface area contributed by atoms with Crippen molar-refractivity contribution in [3.63, 3.8) is 0 Å². The highest BCUT2D eigenvalue weighted by molar-refractivity contribution is 6.31. The van der Waals surface area contributed by atoms with Gasteiger partial charge in [0.15, 0.2) is 0 Å². The largest absolute Gasteiger partial charge is 0.468 e. The lowest BCUT2D eigenvalue weighted by Crippen LogP contribution is -2.23. The van der Waals surface area contributed by atoms with Crippen molar-refractivity contribution in [1.29, 1.82) is 0 Å². The van der Waals surface area contributed by atoms with E-state index in [0.717, 1.165) is 39.6 Å². The summed E-state index contributed by atoms with van der Waals surface area (Å²) in [5.41, 5.74) is 14.7. The summed E-state index contributed by atoms with van der Waals surface area (Å²) in [5, 5.41) is 8.77. The summed E-state index contributed by atoms with van der Waals surface area (Å²) in [6.07, 6.45) is 3.24. The molecule has 6 heteroatoms. The monoisotopic (exact) mass is 316 g/mol. The molecule has 1 aromatic carbocycles. The van der Waals surface area contributed by atoms with Crippen molar-refractivity contribution in [2.24, 2.45) is 21.7 Å². The van der Waals surface area contributed by atoms with Gasteiger partial charge in [-0.3, -0.25) is 0 Å². The standard InChI is InChI=1S/C16H17ClN4O/c1-9-8-22-14-7-10(11-4-2-3-5-12(11)17)6-13(15(9)14)20-21-16(18)19/h2-5,8,10H,6-7H2,1H3,(H4,18,19,21)/b20-13+. The number of furan rings is 1. The van der Waals surface area contributed by atoms with E-state index >= 15 is 0 Å². The third-order valence-corrected chi connectivity index (χ3v) is 4.19. The molecular formula is C16H17ClN4O. The molecule has 1 aromatic heterocycles. The maximum atomic E-state index is 6.33. The van der Waals surface area contributed by atoms with Crippen molar-refractivity contribution in [3.05, 3.63) is 58.0 Å². The fourth-order valence-electron chi connectivity index (χ4n) is 2.90. The lowest BCUT2D eigenvalue weighted by atomic mass is 9.81. The lowest BCUT2D eigenvalue weighted by Gasteiger charge is -2.23. The summed E-state index contributed by atoms with van der Waals surface area (Å²) in [6, 6.07) is 7.83. The number of hydrogen-bond donors (Lipinski definition) is 2. The first-order valence-electron chi connectivity index (χ1n) is 7.03. The summed E-state index contributed by atoms with van der Waals surface area (Å²) < 4.78 is 5.68. The third kappa shape index (κ3) is 2.72. The average Bonchev–Trinajstić information content (AvgIpc) is 2.87. The minimum atomic E-state index is -0.0601. The second kappa shape index (κ2) is 5.85. The fourth-order valence-corrected chi connectivity index (χ4v) is 3.19. The first-order chi connectivity index (χ1) is 10.6. The zero-order valence-corrected chi connectivity index (χ0v) is 13.0. The van der Waals surface area contributed by atoms with Crippen LogP contribution in [0, 0.1) is 6.92 Å². The molecule has 0 saturated carbocycles. The second-order valence-corrected chi connectivity index (χ2v) is 5.82. The Hall–Kier alpha value is -2.27. The molecule has 0 saturated heterocycles. The van der Waals surface area contributed by atoms with E-state index < -0.39 is 0 Å². The molecule has 0 bridgehead atoms. The highest BCUT2D eigenvalue weighted by Gasteiger charge is 2.30. The molecule has 0 amide bonds. The fraction of sp³-hybridized carbons (Fsp3) is 0.250. The van der Waals surface area contributed by atoms with E-state index in [1.54, 1.807) is 6.26 Å². The molecule has 1 atom stereocenters. The summed E-state index contributed by atoms with van der Waals surface area (Å²) in [5.74, 6) is 1.04. The minimum absolute atomic E-state index is 0.0601. The Morgan fingerprint density at radius 2 is 2.05 bits per heavy atom. The van der Waals surface area contributed by atoms with Gasteiger partial charge in [0.2, 0.25) is 5.96 Å². The van der Waals surface area contributed by atoms with Crippen LogP contribution in [0.15, 0.2) is 45.1 Å². The molecule has 0 aliphatic heterocycles. The van der Waals surface area contributed by atoms with Crippen LogP contribution in [0.3, 0.4) is 0 Å². The Labute approximate surface area is 133 Å². The van der Waals surface area contributed by atoms with Crippen LogP contribution in [-0.2, 0) is 6.42 Å². The number of halogens is 1. The van der Waals surface area contributed by atoms with Gasteiger partial charge in [-0.2, -0.15) is 5.10 Å². The predicted octanol–water partition coefficient (Wildman–Crippen LogP) is 2.95. The molecule has 114 valence electrons. The van der Waals surface area contributed by atoms with Crippen molar-refractivity contribution < 1.29 is 4.42 Å². The van der Waals surface area contributed by atoms with Crippen LogP contribution in [0.5, 0.6) is 0 Å². The van der Waals surface area contributed by atoms with Gasteiger partial charge in [0, 0.05) is 17.0 Å². The maximum absolute atomic E-state index is 6.33. The molecule has 4 N–H and O–H groups in total. The van der Waals surface area contributed by atoms with Crippen LogP contribution < -0.4 is 11.5 Å². The van der Waals surface area contributed by atoms with Crippen LogP contribution in [0.4, 0.5) is 0 Å². The summed E-state index contributed by atoms with van der Waals surface area (Å²) >= 11 is 6.33. The topological polar surface area (TPSA) is 89.9 Å². The zero-order valence-electron chi connectivity index (χ0n) is 12.2. The van der Waals surface area contributed by atoms with Crippen molar-refractivity contribution in [1.82, 2.24) is 0 Å². The van der Waals surface area contributed by atoms with Gasteiger partial charge in [0.05, 0.1) is 12.0 Å². The van der Waals surface area contributed by atoms with Gasteiger partial charge in [-0.15, -0.1) is 5.10 Å². The van der Waals surface area contributed by atoms with E-state index in [2.05, 4.69) is 10.2 Å². The first kappa shape index (κ1) is 14.7. The molecule has 1 unspecified atom stereocenters. The molecule has 1 heterocycles. The number of aryl methyl sites for hydroxylation is 1. The maximum Gasteiger partial charge on any atom is 0.211 e. The normalized spacial score (nSPS) is 19.0. The summed E-state index contributed by atoms with van der Waals surface area (Å²) in [6.45, 7) is 1.99. The van der Waals surface area contributed by atoms with Crippen LogP contribution in [0.1, 0.15) is 34.8 Å². The molecule has 0 spiro atoms. The van der Waals surface area contributed by atoms with Gasteiger partial charge in [-0.1, -0.05) is 29.8 Å². The highest BCUT2D eigenvalue weighted by atomic mass is 35.5. The number of benzene rings is 1. The van der Waals surface area contributed by atoms with Crippen molar-refractivity contribution in [3.8, 4) is 0 Å². The molecule has 22 heavy (non-hydrogen) atoms. The minimum Gasteiger partial charge on any atom is -0.468 e. The molecule has 1 aliphatic rings. The molecule has 0 fully saturated rings. The van der Waals surface area contributed by atoms with Crippen molar-refractivity contribution in [2.45, 2.75) is 25.7 Å². The van der Waals surface area contributed by atoms with E-state index in [-0.39, 0.29) is 11.9 Å². The van der Waals surface area contributed by atoms with E-state index in [0.29, 0.717) is 6.42 Å². The summed E-state index contributed by atoms with van der Waals surface area (Å²) in [4.78, 5) is 0. The number of rotatable bonds is 2. The van der Waals surface area contributed by atoms with Crippen LogP contribution in [0.2, 0.25) is 5.02 Å². The number of fused-ring (bicyclic) bond motifs is 1. The summed E-state index contributed by atoms with van der Waals surface area (Å²) in [7, 11) is 0. The Balaban J connectivity index is 2.04. The molecule has 3 rings (SSSR count). The van der Waals surface area contributed by atoms with E-state index in [1.807, 2.05) is 31.2 Å². The smallest absolute Gasteiger partial charge is 0.211 e. The SMILES string of the molecule is Cc1coc2c1/C(=N/N=C(N)N)CC(c1ccccc1Cl)C2. The Bertz CT molecular complexity index is 759. The van der Waals surface area contributed by atoms with Crippen LogP contribution in [-0.4, -0.2) is 11.7 Å². The first-order valence-corrected chi connectivity index (χ1v) is 7.41. The van der Waals surface area contributed by atoms with Gasteiger partial charge in [0.25, 0.3) is 0 Å². The van der Waals surface area contributed by atoms with Gasteiger partial charge < -0.3 is 15.9 Å². The Morgan fingerprint density at radius 1 is 1.27 bits per heavy atom. The van der Waals surface area contributed by atoms with Gasteiger partial charge >= 0.3 is 0 Å². The number of nitrogens with zero attached hydrogens (tertiary/aromatic N) is 2. The van der Waals surface area contributed by atoms with Crippen LogP contribution in [0.25, 0.3) is 0 Å². The van der Waals surface area contributed by atoms with Gasteiger partial charge in [0.1, 0.15) is 5.76 Å². The average molecular weight is 317 g/mol. The molecule has 0 radical (unpaired) electrons. The van der Waals surface area contributed by atoms with Gasteiger partial charge in [-0.05, 0) is 36.5 Å². The van der Waals surface area contributed by atoms with Crippen LogP contribution >= 0.6 is 11.6 Å². The number of nitrogens with two attached hydrogens (primary N) is 2. The molecular weight excluding hydrogens is 300 g/mol. The Kier molecular flexibility index (Phi) is 3.90. The third-order valence-electron chi connectivity index (χ3n) is 3.84. The van der Waals surface area contributed by atoms with E-state index in [4.69, 9.17) is 27.5 Å².